The lowest BCUT2D eigenvalue weighted by molar-refractivity contribution is -0.115. The zero-order chi connectivity index (χ0) is 23.5. The molecule has 0 amide bonds. The summed E-state index contributed by atoms with van der Waals surface area (Å²) in [6, 6.07) is 14.5. The van der Waals surface area contributed by atoms with Crippen molar-refractivity contribution in [2.45, 2.75) is 12.8 Å². The van der Waals surface area contributed by atoms with Gasteiger partial charge in [0.1, 0.15) is 6.07 Å². The fourth-order valence-electron chi connectivity index (χ4n) is 3.80. The Labute approximate surface area is 195 Å². The second-order valence-corrected chi connectivity index (χ2v) is 8.23. The SMILES string of the molecule is CN1CCN(c2ccc3cc(/C=C(\C#N)C(=O)CCCOCCOCCO)ccc3c2)CC1. The van der Waals surface area contributed by atoms with Gasteiger partial charge < -0.3 is 24.4 Å². The molecule has 0 aromatic heterocycles. The molecule has 1 aliphatic heterocycles. The highest BCUT2D eigenvalue weighted by Gasteiger charge is 2.14. The van der Waals surface area contributed by atoms with Gasteiger partial charge in [-0.1, -0.05) is 18.2 Å². The molecule has 0 aliphatic carbocycles. The van der Waals surface area contributed by atoms with Crippen molar-refractivity contribution in [3.63, 3.8) is 0 Å². The summed E-state index contributed by atoms with van der Waals surface area (Å²) in [5, 5.41) is 20.3. The lowest BCUT2D eigenvalue weighted by Crippen LogP contribution is -2.44. The number of aliphatic hydroxyl groups excluding tert-OH is 1. The third-order valence-electron chi connectivity index (χ3n) is 5.75. The molecule has 1 fully saturated rings. The number of piperazine rings is 1. The monoisotopic (exact) mass is 451 g/mol. The van der Waals surface area contributed by atoms with E-state index >= 15 is 0 Å². The first-order valence-electron chi connectivity index (χ1n) is 11.5. The summed E-state index contributed by atoms with van der Waals surface area (Å²) in [5.74, 6) is -0.178. The molecule has 3 rings (SSSR count). The van der Waals surface area contributed by atoms with Gasteiger partial charge in [-0.3, -0.25) is 4.79 Å². The predicted octanol–water partition coefficient (Wildman–Crippen LogP) is 2.87. The number of nitriles is 1. The number of carbonyl (C=O) groups excluding carboxylic acids is 1. The van der Waals surface area contributed by atoms with Crippen LogP contribution >= 0.6 is 0 Å². The van der Waals surface area contributed by atoms with Gasteiger partial charge in [0.2, 0.25) is 0 Å². The molecule has 0 radical (unpaired) electrons. The minimum atomic E-state index is -0.178. The highest BCUT2D eigenvalue weighted by atomic mass is 16.5. The Kier molecular flexibility index (Phi) is 9.85. The topological polar surface area (TPSA) is 86.0 Å². The molecule has 2 aromatic rings. The van der Waals surface area contributed by atoms with Crippen molar-refractivity contribution >= 4 is 28.3 Å². The highest BCUT2D eigenvalue weighted by Crippen LogP contribution is 2.25. The Morgan fingerprint density at radius 1 is 1.03 bits per heavy atom. The van der Waals surface area contributed by atoms with E-state index in [0.717, 1.165) is 42.5 Å². The molecule has 0 unspecified atom stereocenters. The van der Waals surface area contributed by atoms with Crippen LogP contribution in [0.1, 0.15) is 18.4 Å². The molecule has 7 heteroatoms. The quantitative estimate of drug-likeness (QED) is 0.302. The van der Waals surface area contributed by atoms with Crippen molar-refractivity contribution in [2.24, 2.45) is 0 Å². The third-order valence-corrected chi connectivity index (χ3v) is 5.75. The van der Waals surface area contributed by atoms with Gasteiger partial charge in [0, 0.05) is 44.9 Å². The minimum absolute atomic E-state index is 0.00731. The molecular formula is C26H33N3O4. The largest absolute Gasteiger partial charge is 0.394 e. The zero-order valence-corrected chi connectivity index (χ0v) is 19.3. The Morgan fingerprint density at radius 2 is 1.73 bits per heavy atom. The fraction of sp³-hybridized carbons (Fsp3) is 0.462. The van der Waals surface area contributed by atoms with E-state index < -0.39 is 0 Å². The van der Waals surface area contributed by atoms with Crippen LogP contribution in [0.5, 0.6) is 0 Å². The lowest BCUT2D eigenvalue weighted by Gasteiger charge is -2.34. The molecule has 176 valence electrons. The van der Waals surface area contributed by atoms with Crippen molar-refractivity contribution in [3.05, 3.63) is 47.5 Å². The van der Waals surface area contributed by atoms with Crippen LogP contribution in [0, 0.1) is 11.3 Å². The number of allylic oxidation sites excluding steroid dienone is 1. The Hall–Kier alpha value is -2.76. The van der Waals surface area contributed by atoms with E-state index in [1.807, 2.05) is 24.3 Å². The van der Waals surface area contributed by atoms with E-state index in [4.69, 9.17) is 14.6 Å². The number of anilines is 1. The Bertz CT molecular complexity index is 991. The molecule has 1 saturated heterocycles. The van der Waals surface area contributed by atoms with Crippen molar-refractivity contribution in [1.29, 1.82) is 5.26 Å². The number of ketones is 1. The van der Waals surface area contributed by atoms with Crippen LogP contribution in [-0.4, -0.2) is 82.1 Å². The van der Waals surface area contributed by atoms with Gasteiger partial charge in [-0.15, -0.1) is 0 Å². The molecule has 33 heavy (non-hydrogen) atoms. The lowest BCUT2D eigenvalue weighted by atomic mass is 10.0. The molecule has 7 nitrogen and oxygen atoms in total. The maximum atomic E-state index is 12.5. The van der Waals surface area contributed by atoms with Gasteiger partial charge >= 0.3 is 0 Å². The Balaban J connectivity index is 1.55. The second kappa shape index (κ2) is 13.1. The first kappa shape index (κ1) is 24.9. The average molecular weight is 452 g/mol. The van der Waals surface area contributed by atoms with Gasteiger partial charge in [-0.25, -0.2) is 0 Å². The summed E-state index contributed by atoms with van der Waals surface area (Å²) in [4.78, 5) is 17.2. The number of aliphatic hydroxyl groups is 1. The molecule has 0 spiro atoms. The predicted molar refractivity (Wildman–Crippen MR) is 130 cm³/mol. The molecule has 1 heterocycles. The average Bonchev–Trinajstić information content (AvgIpc) is 2.84. The van der Waals surface area contributed by atoms with E-state index in [9.17, 15) is 10.1 Å². The van der Waals surface area contributed by atoms with Crippen molar-refractivity contribution in [1.82, 2.24) is 4.90 Å². The van der Waals surface area contributed by atoms with E-state index in [2.05, 4.69) is 35.0 Å². The van der Waals surface area contributed by atoms with Crippen molar-refractivity contribution in [2.75, 3.05) is 71.2 Å². The van der Waals surface area contributed by atoms with Crippen molar-refractivity contribution in [3.8, 4) is 6.07 Å². The molecule has 2 aromatic carbocycles. The van der Waals surface area contributed by atoms with Crippen LogP contribution in [0.25, 0.3) is 16.8 Å². The number of hydrogen-bond donors (Lipinski definition) is 1. The van der Waals surface area contributed by atoms with Gasteiger partial charge in [0.05, 0.1) is 32.0 Å². The van der Waals surface area contributed by atoms with E-state index in [1.165, 1.54) is 5.69 Å². The zero-order valence-electron chi connectivity index (χ0n) is 19.3. The van der Waals surface area contributed by atoms with Crippen LogP contribution in [-0.2, 0) is 14.3 Å². The standard InChI is InChI=1S/C26H33N3O4/c1-28-8-10-29(11-9-28)25-7-6-22-17-21(4-5-23(22)19-25)18-24(20-27)26(31)3-2-13-32-15-16-33-14-12-30/h4-7,17-19,30H,2-3,8-16H2,1H3/b24-18+. The van der Waals surface area contributed by atoms with Crippen LogP contribution in [0.15, 0.2) is 42.0 Å². The third kappa shape index (κ3) is 7.65. The van der Waals surface area contributed by atoms with Crippen LogP contribution in [0.3, 0.4) is 0 Å². The molecule has 1 N–H and O–H groups in total. The number of rotatable bonds is 12. The highest BCUT2D eigenvalue weighted by molar-refractivity contribution is 6.03. The molecule has 1 aliphatic rings. The number of fused-ring (bicyclic) bond motifs is 1. The normalized spacial score (nSPS) is 15.1. The van der Waals surface area contributed by atoms with Gasteiger partial charge in [-0.2, -0.15) is 5.26 Å². The van der Waals surface area contributed by atoms with Gasteiger partial charge in [0.25, 0.3) is 0 Å². The van der Waals surface area contributed by atoms with E-state index in [-0.39, 0.29) is 24.4 Å². The van der Waals surface area contributed by atoms with Crippen LogP contribution < -0.4 is 4.90 Å². The van der Waals surface area contributed by atoms with Crippen LogP contribution in [0.2, 0.25) is 0 Å². The summed E-state index contributed by atoms with van der Waals surface area (Å²) in [6.45, 7) is 5.74. The fourth-order valence-corrected chi connectivity index (χ4v) is 3.80. The maximum Gasteiger partial charge on any atom is 0.173 e. The van der Waals surface area contributed by atoms with E-state index in [0.29, 0.717) is 32.8 Å². The number of benzene rings is 2. The summed E-state index contributed by atoms with van der Waals surface area (Å²) < 4.78 is 10.5. The van der Waals surface area contributed by atoms with Crippen LogP contribution in [0.4, 0.5) is 5.69 Å². The Morgan fingerprint density at radius 3 is 2.45 bits per heavy atom. The maximum absolute atomic E-state index is 12.5. The number of nitrogens with zero attached hydrogens (tertiary/aromatic N) is 3. The molecule has 0 bridgehead atoms. The number of ether oxygens (including phenoxy) is 2. The van der Waals surface area contributed by atoms with Crippen molar-refractivity contribution < 1.29 is 19.4 Å². The molecule has 0 saturated carbocycles. The number of Topliss-reactive ketones (excluding diaryl/α,β-unsaturated/α-hetero) is 1. The number of likely N-dealkylation sites (N-methyl/N-ethyl adjacent to an activating group) is 1. The number of carbonyl (C=O) groups is 1. The van der Waals surface area contributed by atoms with Gasteiger partial charge in [-0.05, 0) is 54.1 Å². The first-order chi connectivity index (χ1) is 16.1. The minimum Gasteiger partial charge on any atom is -0.394 e. The molecular weight excluding hydrogens is 418 g/mol. The molecule has 0 atom stereocenters. The first-order valence-corrected chi connectivity index (χ1v) is 11.5. The summed E-state index contributed by atoms with van der Waals surface area (Å²) in [7, 11) is 2.15. The summed E-state index contributed by atoms with van der Waals surface area (Å²) in [5.41, 5.74) is 2.24. The summed E-state index contributed by atoms with van der Waals surface area (Å²) in [6.07, 6.45) is 2.48. The van der Waals surface area contributed by atoms with E-state index in [1.54, 1.807) is 6.08 Å². The smallest absolute Gasteiger partial charge is 0.173 e. The van der Waals surface area contributed by atoms with Gasteiger partial charge in [0.15, 0.2) is 5.78 Å². The summed E-state index contributed by atoms with van der Waals surface area (Å²) >= 11 is 0. The second-order valence-electron chi connectivity index (χ2n) is 8.23. The number of hydrogen-bond acceptors (Lipinski definition) is 7.